The van der Waals surface area contributed by atoms with Crippen molar-refractivity contribution in [2.75, 3.05) is 20.1 Å². The zero-order valence-electron chi connectivity index (χ0n) is 19.7. The molecule has 0 bridgehead atoms. The van der Waals surface area contributed by atoms with Crippen molar-refractivity contribution in [3.8, 4) is 0 Å². The molecular weight excluding hydrogens is 326 g/mol. The molecule has 0 fully saturated rings. The van der Waals surface area contributed by atoms with Crippen molar-refractivity contribution in [1.82, 2.24) is 4.90 Å². The normalized spacial score (nSPS) is 11.6. The van der Waals surface area contributed by atoms with Crippen LogP contribution >= 0.6 is 0 Å². The van der Waals surface area contributed by atoms with E-state index in [2.05, 4.69) is 25.8 Å². The minimum Gasteiger partial charge on any atom is -0.306 e. The third-order valence-corrected chi connectivity index (χ3v) is 6.04. The fraction of sp³-hybridized carbons (Fsp3) is 1.00. The first-order chi connectivity index (χ1) is 13.3. The molecule has 0 aromatic rings. The monoisotopic (exact) mass is 381 g/mol. The van der Waals surface area contributed by atoms with Crippen molar-refractivity contribution in [2.45, 2.75) is 149 Å². The second-order valence-electron chi connectivity index (χ2n) is 9.02. The third kappa shape index (κ3) is 23.9. The van der Waals surface area contributed by atoms with E-state index in [0.717, 1.165) is 0 Å². The molecule has 0 rings (SSSR count). The summed E-state index contributed by atoms with van der Waals surface area (Å²) >= 11 is 0. The molecule has 1 heteroatoms. The summed E-state index contributed by atoms with van der Waals surface area (Å²) in [5, 5.41) is 0. The topological polar surface area (TPSA) is 3.24 Å². The molecule has 164 valence electrons. The van der Waals surface area contributed by atoms with Gasteiger partial charge in [-0.05, 0) is 33.0 Å². The maximum Gasteiger partial charge on any atom is -0.00218 e. The summed E-state index contributed by atoms with van der Waals surface area (Å²) in [5.74, 6) is 0. The molecule has 0 saturated carbocycles. The second-order valence-corrected chi connectivity index (χ2v) is 9.02. The quantitative estimate of drug-likeness (QED) is 0.159. The Morgan fingerprint density at radius 3 is 0.815 bits per heavy atom. The summed E-state index contributed by atoms with van der Waals surface area (Å²) in [6, 6.07) is 0. The predicted octanol–water partition coefficient (Wildman–Crippen LogP) is 9.15. The molecule has 0 saturated heterocycles. The molecule has 0 N–H and O–H groups in total. The minimum atomic E-state index is 1.31. The summed E-state index contributed by atoms with van der Waals surface area (Å²) in [6.45, 7) is 7.23. The van der Waals surface area contributed by atoms with Crippen molar-refractivity contribution < 1.29 is 0 Å². The van der Waals surface area contributed by atoms with Gasteiger partial charge in [0.15, 0.2) is 0 Å². The van der Waals surface area contributed by atoms with Crippen LogP contribution in [0.5, 0.6) is 0 Å². The SMILES string of the molecule is CCCCCCCCCCCCCCN(C)CCCCCCCCCCC. The van der Waals surface area contributed by atoms with Gasteiger partial charge < -0.3 is 4.90 Å². The Labute approximate surface area is 174 Å². The summed E-state index contributed by atoms with van der Waals surface area (Å²) in [4.78, 5) is 2.57. The zero-order chi connectivity index (χ0) is 19.8. The van der Waals surface area contributed by atoms with E-state index in [1.807, 2.05) is 0 Å². The maximum atomic E-state index is 2.57. The number of unbranched alkanes of at least 4 members (excludes halogenated alkanes) is 19. The highest BCUT2D eigenvalue weighted by Crippen LogP contribution is 2.12. The van der Waals surface area contributed by atoms with Crippen LogP contribution in [0, 0.1) is 0 Å². The van der Waals surface area contributed by atoms with Crippen LogP contribution < -0.4 is 0 Å². The molecule has 0 aromatic carbocycles. The molecule has 0 radical (unpaired) electrons. The Balaban J connectivity index is 3.12. The lowest BCUT2D eigenvalue weighted by atomic mass is 10.1. The Morgan fingerprint density at radius 1 is 0.333 bits per heavy atom. The summed E-state index contributed by atoms with van der Waals surface area (Å²) in [5.41, 5.74) is 0. The number of nitrogens with zero attached hydrogens (tertiary/aromatic N) is 1. The molecule has 0 spiro atoms. The Bertz CT molecular complexity index is 251. The average Bonchev–Trinajstić information content (AvgIpc) is 2.67. The predicted molar refractivity (Wildman–Crippen MR) is 126 cm³/mol. The van der Waals surface area contributed by atoms with E-state index in [-0.39, 0.29) is 0 Å². The lowest BCUT2D eigenvalue weighted by Crippen LogP contribution is -2.20. The first kappa shape index (κ1) is 27.0. The van der Waals surface area contributed by atoms with Crippen LogP contribution in [0.25, 0.3) is 0 Å². The molecule has 0 unspecified atom stereocenters. The van der Waals surface area contributed by atoms with Crippen LogP contribution in [0.15, 0.2) is 0 Å². The van der Waals surface area contributed by atoms with Gasteiger partial charge in [-0.2, -0.15) is 0 Å². The van der Waals surface area contributed by atoms with Gasteiger partial charge in [0.25, 0.3) is 0 Å². The summed E-state index contributed by atoms with van der Waals surface area (Å²) in [6.07, 6.45) is 30.4. The standard InChI is InChI=1S/C26H55N/c1-4-6-8-10-12-14-15-16-18-20-22-24-26-27(3)25-23-21-19-17-13-11-9-7-5-2/h4-26H2,1-3H3. The van der Waals surface area contributed by atoms with Gasteiger partial charge in [-0.25, -0.2) is 0 Å². The van der Waals surface area contributed by atoms with Crippen LogP contribution in [0.1, 0.15) is 149 Å². The summed E-state index contributed by atoms with van der Waals surface area (Å²) < 4.78 is 0. The Hall–Kier alpha value is -0.0400. The number of hydrogen-bond acceptors (Lipinski definition) is 1. The van der Waals surface area contributed by atoms with Gasteiger partial charge in [-0.15, -0.1) is 0 Å². The van der Waals surface area contributed by atoms with E-state index in [4.69, 9.17) is 0 Å². The lowest BCUT2D eigenvalue weighted by molar-refractivity contribution is 0.314. The molecule has 0 aromatic heterocycles. The molecule has 0 heterocycles. The molecule has 0 aliphatic carbocycles. The van der Waals surface area contributed by atoms with E-state index >= 15 is 0 Å². The van der Waals surface area contributed by atoms with E-state index < -0.39 is 0 Å². The minimum absolute atomic E-state index is 1.31. The van der Waals surface area contributed by atoms with Crippen molar-refractivity contribution >= 4 is 0 Å². The number of hydrogen-bond donors (Lipinski definition) is 0. The van der Waals surface area contributed by atoms with Gasteiger partial charge in [0.2, 0.25) is 0 Å². The first-order valence-electron chi connectivity index (χ1n) is 13.0. The molecule has 1 nitrogen and oxygen atoms in total. The van der Waals surface area contributed by atoms with Crippen molar-refractivity contribution in [1.29, 1.82) is 0 Å². The van der Waals surface area contributed by atoms with Gasteiger partial charge in [0.05, 0.1) is 0 Å². The van der Waals surface area contributed by atoms with Crippen LogP contribution in [0.4, 0.5) is 0 Å². The second kappa shape index (κ2) is 24.0. The Morgan fingerprint density at radius 2 is 0.556 bits per heavy atom. The average molecular weight is 382 g/mol. The molecule has 0 amide bonds. The van der Waals surface area contributed by atoms with Crippen molar-refractivity contribution in [2.24, 2.45) is 0 Å². The van der Waals surface area contributed by atoms with Gasteiger partial charge in [0.1, 0.15) is 0 Å². The highest BCUT2D eigenvalue weighted by atomic mass is 15.1. The molecular formula is C26H55N. The zero-order valence-corrected chi connectivity index (χ0v) is 19.7. The molecule has 0 aliphatic rings. The van der Waals surface area contributed by atoms with Crippen LogP contribution in [0.3, 0.4) is 0 Å². The van der Waals surface area contributed by atoms with Crippen molar-refractivity contribution in [3.05, 3.63) is 0 Å². The molecule has 27 heavy (non-hydrogen) atoms. The van der Waals surface area contributed by atoms with E-state index in [9.17, 15) is 0 Å². The van der Waals surface area contributed by atoms with E-state index in [1.54, 1.807) is 0 Å². The fourth-order valence-corrected chi connectivity index (χ4v) is 4.03. The lowest BCUT2D eigenvalue weighted by Gasteiger charge is -2.16. The molecule has 0 aliphatic heterocycles. The smallest absolute Gasteiger partial charge is 0.00218 e. The van der Waals surface area contributed by atoms with E-state index in [0.29, 0.717) is 0 Å². The van der Waals surface area contributed by atoms with Gasteiger partial charge >= 0.3 is 0 Å². The third-order valence-electron chi connectivity index (χ3n) is 6.04. The molecule has 0 atom stereocenters. The van der Waals surface area contributed by atoms with Gasteiger partial charge in [0, 0.05) is 0 Å². The van der Waals surface area contributed by atoms with Crippen LogP contribution in [-0.4, -0.2) is 25.0 Å². The largest absolute Gasteiger partial charge is 0.306 e. The first-order valence-corrected chi connectivity index (χ1v) is 13.0. The Kier molecular flexibility index (Phi) is 24.0. The van der Waals surface area contributed by atoms with Gasteiger partial charge in [-0.3, -0.25) is 0 Å². The summed E-state index contributed by atoms with van der Waals surface area (Å²) in [7, 11) is 2.32. The fourth-order valence-electron chi connectivity index (χ4n) is 4.03. The van der Waals surface area contributed by atoms with Gasteiger partial charge in [-0.1, -0.05) is 136 Å². The van der Waals surface area contributed by atoms with Crippen LogP contribution in [-0.2, 0) is 0 Å². The highest BCUT2D eigenvalue weighted by molar-refractivity contribution is 4.55. The maximum absolute atomic E-state index is 2.57. The van der Waals surface area contributed by atoms with Crippen LogP contribution in [0.2, 0.25) is 0 Å². The van der Waals surface area contributed by atoms with E-state index in [1.165, 1.54) is 148 Å². The number of rotatable bonds is 23. The highest BCUT2D eigenvalue weighted by Gasteiger charge is 1.99. The van der Waals surface area contributed by atoms with Crippen molar-refractivity contribution in [3.63, 3.8) is 0 Å².